The minimum atomic E-state index is -0.553. The number of nitrogens with one attached hydrogen (secondary N) is 1. The molecule has 0 fully saturated rings. The number of anilines is 1. The molecular weight excluding hydrogens is 356 g/mol. The van der Waals surface area contributed by atoms with Gasteiger partial charge in [0.05, 0.1) is 16.7 Å². The highest BCUT2D eigenvalue weighted by atomic mass is 35.5. The second-order valence-electron chi connectivity index (χ2n) is 5.76. The predicted molar refractivity (Wildman–Crippen MR) is 94.0 cm³/mol. The molecule has 1 N–H and O–H groups in total. The number of amides is 1. The van der Waals surface area contributed by atoms with E-state index in [4.69, 9.17) is 16.0 Å². The first kappa shape index (κ1) is 16.2. The van der Waals surface area contributed by atoms with Gasteiger partial charge in [0.15, 0.2) is 11.5 Å². The number of ketones is 2. The van der Waals surface area contributed by atoms with Gasteiger partial charge in [-0.05, 0) is 37.3 Å². The topological polar surface area (TPSA) is 89.3 Å². The number of fused-ring (bicyclic) bond motifs is 2. The monoisotopic (exact) mass is 366 g/mol. The number of halogens is 1. The fourth-order valence-corrected chi connectivity index (χ4v) is 3.16. The summed E-state index contributed by atoms with van der Waals surface area (Å²) in [5, 5.41) is 3.13. The molecule has 1 amide bonds. The molecule has 1 aromatic carbocycles. The van der Waals surface area contributed by atoms with Crippen molar-refractivity contribution in [1.82, 2.24) is 4.98 Å². The third-order valence-corrected chi connectivity index (χ3v) is 4.33. The zero-order valence-electron chi connectivity index (χ0n) is 13.5. The number of pyridine rings is 1. The van der Waals surface area contributed by atoms with Gasteiger partial charge >= 0.3 is 0 Å². The normalized spacial score (nSPS) is 12.5. The van der Waals surface area contributed by atoms with E-state index in [1.54, 1.807) is 30.3 Å². The molecule has 26 heavy (non-hydrogen) atoms. The van der Waals surface area contributed by atoms with Gasteiger partial charge < -0.3 is 9.73 Å². The summed E-state index contributed by atoms with van der Waals surface area (Å²) in [5.41, 5.74) is 0.650. The van der Waals surface area contributed by atoms with Gasteiger partial charge in [-0.2, -0.15) is 0 Å². The molecule has 1 aliphatic carbocycles. The van der Waals surface area contributed by atoms with Crippen LogP contribution >= 0.6 is 11.6 Å². The molecular formula is C19H11ClN2O4. The van der Waals surface area contributed by atoms with Crippen molar-refractivity contribution >= 4 is 34.8 Å². The van der Waals surface area contributed by atoms with E-state index in [9.17, 15) is 14.4 Å². The van der Waals surface area contributed by atoms with Crippen LogP contribution in [0.25, 0.3) is 0 Å². The van der Waals surface area contributed by atoms with Crippen LogP contribution in [0.2, 0.25) is 5.02 Å². The Labute approximate surface area is 152 Å². The van der Waals surface area contributed by atoms with E-state index in [1.807, 2.05) is 0 Å². The molecule has 0 bridgehead atoms. The van der Waals surface area contributed by atoms with E-state index in [-0.39, 0.29) is 33.9 Å². The summed E-state index contributed by atoms with van der Waals surface area (Å²) in [6.07, 6.45) is 1.43. The van der Waals surface area contributed by atoms with Crippen molar-refractivity contribution in [3.05, 3.63) is 81.5 Å². The van der Waals surface area contributed by atoms with Gasteiger partial charge in [0, 0.05) is 16.9 Å². The standard InChI is InChI=1S/C19H11ClN2O4/c1-9-13(19(25)22-11-5-2-4-10(20)8-11)14-16(23)12-6-3-7-21-15(12)17(24)18(14)26-9/h2-8H,1H3,(H,22,25). The van der Waals surface area contributed by atoms with Crippen molar-refractivity contribution in [1.29, 1.82) is 0 Å². The molecule has 0 aliphatic heterocycles. The van der Waals surface area contributed by atoms with Crippen LogP contribution in [-0.4, -0.2) is 22.5 Å². The maximum atomic E-state index is 12.8. The average Bonchev–Trinajstić information content (AvgIpc) is 2.97. The highest BCUT2D eigenvalue weighted by Crippen LogP contribution is 2.32. The number of hydrogen-bond acceptors (Lipinski definition) is 5. The molecule has 7 heteroatoms. The number of rotatable bonds is 2. The predicted octanol–water partition coefficient (Wildman–Crippen LogP) is 3.66. The summed E-state index contributed by atoms with van der Waals surface area (Å²) in [4.78, 5) is 42.1. The molecule has 0 radical (unpaired) electrons. The molecule has 4 rings (SSSR count). The van der Waals surface area contributed by atoms with Crippen molar-refractivity contribution < 1.29 is 18.8 Å². The van der Waals surface area contributed by atoms with Crippen molar-refractivity contribution in [2.75, 3.05) is 5.32 Å². The first-order chi connectivity index (χ1) is 12.5. The summed E-state index contributed by atoms with van der Waals surface area (Å²) in [6, 6.07) is 9.67. The molecule has 2 aromatic heterocycles. The summed E-state index contributed by atoms with van der Waals surface area (Å²) in [5.74, 6) is -1.50. The number of carbonyl (C=O) groups is 3. The van der Waals surface area contributed by atoms with Gasteiger partial charge in [-0.3, -0.25) is 19.4 Å². The minimum Gasteiger partial charge on any atom is -0.456 e. The number of nitrogens with zero attached hydrogens (tertiary/aromatic N) is 1. The van der Waals surface area contributed by atoms with Crippen molar-refractivity contribution in [3.63, 3.8) is 0 Å². The summed E-state index contributed by atoms with van der Waals surface area (Å²) < 4.78 is 5.46. The fourth-order valence-electron chi connectivity index (χ4n) is 2.97. The quantitative estimate of drug-likeness (QED) is 0.584. The molecule has 0 saturated heterocycles. The number of furan rings is 1. The number of hydrogen-bond donors (Lipinski definition) is 1. The van der Waals surface area contributed by atoms with Crippen molar-refractivity contribution in [2.24, 2.45) is 0 Å². The number of aryl methyl sites for hydroxylation is 1. The van der Waals surface area contributed by atoms with E-state index >= 15 is 0 Å². The van der Waals surface area contributed by atoms with Crippen LogP contribution in [0.15, 0.2) is 47.0 Å². The SMILES string of the molecule is Cc1oc2c(c1C(=O)Nc1cccc(Cl)c1)C(=O)c1cccnc1C2=O. The Morgan fingerprint density at radius 3 is 2.73 bits per heavy atom. The van der Waals surface area contributed by atoms with Crippen LogP contribution in [0.3, 0.4) is 0 Å². The first-order valence-corrected chi connectivity index (χ1v) is 8.10. The number of benzene rings is 1. The van der Waals surface area contributed by atoms with Gasteiger partial charge in [-0.1, -0.05) is 17.7 Å². The number of aromatic nitrogens is 1. The summed E-state index contributed by atoms with van der Waals surface area (Å²) >= 11 is 5.92. The van der Waals surface area contributed by atoms with Crippen LogP contribution in [0.4, 0.5) is 5.69 Å². The van der Waals surface area contributed by atoms with Crippen LogP contribution in [-0.2, 0) is 0 Å². The van der Waals surface area contributed by atoms with Crippen LogP contribution < -0.4 is 5.32 Å². The maximum Gasteiger partial charge on any atom is 0.259 e. The van der Waals surface area contributed by atoms with E-state index in [2.05, 4.69) is 10.3 Å². The van der Waals surface area contributed by atoms with Gasteiger partial charge in [0.2, 0.25) is 5.78 Å². The highest BCUT2D eigenvalue weighted by molar-refractivity contribution is 6.31. The average molecular weight is 367 g/mol. The van der Waals surface area contributed by atoms with Crippen molar-refractivity contribution in [3.8, 4) is 0 Å². The third kappa shape index (κ3) is 2.43. The molecule has 128 valence electrons. The number of carbonyl (C=O) groups excluding carboxylic acids is 3. The largest absolute Gasteiger partial charge is 0.456 e. The molecule has 6 nitrogen and oxygen atoms in total. The molecule has 1 aliphatic rings. The lowest BCUT2D eigenvalue weighted by molar-refractivity contribution is 0.0953. The second-order valence-corrected chi connectivity index (χ2v) is 6.20. The fraction of sp³-hybridized carbons (Fsp3) is 0.0526. The Bertz CT molecular complexity index is 1100. The van der Waals surface area contributed by atoms with Crippen LogP contribution in [0.5, 0.6) is 0 Å². The minimum absolute atomic E-state index is 0.0283. The molecule has 0 atom stereocenters. The lowest BCUT2D eigenvalue weighted by Crippen LogP contribution is -2.24. The van der Waals surface area contributed by atoms with E-state index < -0.39 is 17.5 Å². The Morgan fingerprint density at radius 1 is 1.15 bits per heavy atom. The van der Waals surface area contributed by atoms with Crippen molar-refractivity contribution in [2.45, 2.75) is 6.92 Å². The molecule has 3 aromatic rings. The highest BCUT2D eigenvalue weighted by Gasteiger charge is 2.39. The molecule has 0 saturated carbocycles. The zero-order chi connectivity index (χ0) is 18.4. The van der Waals surface area contributed by atoms with E-state index in [0.717, 1.165) is 0 Å². The van der Waals surface area contributed by atoms with Gasteiger partial charge in [0.1, 0.15) is 11.5 Å². The summed E-state index contributed by atoms with van der Waals surface area (Å²) in [7, 11) is 0. The Hall–Kier alpha value is -3.25. The molecule has 0 unspecified atom stereocenters. The molecule has 0 spiro atoms. The van der Waals surface area contributed by atoms with Gasteiger partial charge in [-0.15, -0.1) is 0 Å². The smallest absolute Gasteiger partial charge is 0.259 e. The first-order valence-electron chi connectivity index (χ1n) is 7.72. The molecule has 2 heterocycles. The zero-order valence-corrected chi connectivity index (χ0v) is 14.3. The Morgan fingerprint density at radius 2 is 1.96 bits per heavy atom. The second kappa shape index (κ2) is 5.93. The lowest BCUT2D eigenvalue weighted by Gasteiger charge is -2.13. The third-order valence-electron chi connectivity index (χ3n) is 4.09. The lowest BCUT2D eigenvalue weighted by atomic mass is 9.89. The Kier molecular flexibility index (Phi) is 3.70. The van der Waals surface area contributed by atoms with Crippen LogP contribution in [0.1, 0.15) is 48.3 Å². The van der Waals surface area contributed by atoms with E-state index in [0.29, 0.717) is 10.7 Å². The van der Waals surface area contributed by atoms with E-state index in [1.165, 1.54) is 19.2 Å². The van der Waals surface area contributed by atoms with Gasteiger partial charge in [-0.25, -0.2) is 0 Å². The summed E-state index contributed by atoms with van der Waals surface area (Å²) in [6.45, 7) is 1.53. The Balaban J connectivity index is 1.80. The van der Waals surface area contributed by atoms with Crippen LogP contribution in [0, 0.1) is 6.92 Å². The van der Waals surface area contributed by atoms with Gasteiger partial charge in [0.25, 0.3) is 5.91 Å². The maximum absolute atomic E-state index is 12.8.